The van der Waals surface area contributed by atoms with Crippen LogP contribution in [0.1, 0.15) is 34.3 Å². The maximum Gasteiger partial charge on any atom is 0.337 e. The van der Waals surface area contributed by atoms with E-state index in [1.165, 1.54) is 13.2 Å². The van der Waals surface area contributed by atoms with Crippen molar-refractivity contribution >= 4 is 34.4 Å². The lowest BCUT2D eigenvalue weighted by molar-refractivity contribution is -0.147. The molecule has 3 aromatic rings. The number of rotatable bonds is 8. The lowest BCUT2D eigenvalue weighted by Crippen LogP contribution is -2.21. The first-order valence-electron chi connectivity index (χ1n) is 9.67. The highest BCUT2D eigenvalue weighted by atomic mass is 16.5. The number of carbonyl (C=O) groups is 3. The molecule has 0 saturated carbocycles. The van der Waals surface area contributed by atoms with Crippen LogP contribution in [0.5, 0.6) is 0 Å². The second-order valence-electron chi connectivity index (χ2n) is 6.94. The van der Waals surface area contributed by atoms with E-state index < -0.39 is 17.8 Å². The van der Waals surface area contributed by atoms with Gasteiger partial charge in [-0.25, -0.2) is 4.79 Å². The van der Waals surface area contributed by atoms with Gasteiger partial charge >= 0.3 is 11.9 Å². The Morgan fingerprint density at radius 2 is 1.90 bits per heavy atom. The number of hydrogen-bond donors (Lipinski definition) is 2. The van der Waals surface area contributed by atoms with E-state index in [9.17, 15) is 14.4 Å². The van der Waals surface area contributed by atoms with Gasteiger partial charge in [0.15, 0.2) is 6.61 Å². The number of anilines is 1. The van der Waals surface area contributed by atoms with Crippen molar-refractivity contribution in [1.82, 2.24) is 4.98 Å². The highest BCUT2D eigenvalue weighted by molar-refractivity contribution is 5.96. The van der Waals surface area contributed by atoms with Crippen LogP contribution in [-0.2, 0) is 25.5 Å². The van der Waals surface area contributed by atoms with Crippen molar-refractivity contribution in [2.75, 3.05) is 19.0 Å². The lowest BCUT2D eigenvalue weighted by atomic mass is 10.1. The van der Waals surface area contributed by atoms with Crippen molar-refractivity contribution in [2.24, 2.45) is 0 Å². The summed E-state index contributed by atoms with van der Waals surface area (Å²) in [5.74, 6) is -1.39. The maximum absolute atomic E-state index is 12.1. The van der Waals surface area contributed by atoms with Gasteiger partial charge in [-0.15, -0.1) is 0 Å². The predicted octanol–water partition coefficient (Wildman–Crippen LogP) is 3.77. The van der Waals surface area contributed by atoms with Crippen molar-refractivity contribution in [2.45, 2.75) is 26.2 Å². The third-order valence-corrected chi connectivity index (χ3v) is 4.80. The topological polar surface area (TPSA) is 97.5 Å². The molecular formula is C23H24N2O5. The van der Waals surface area contributed by atoms with Gasteiger partial charge in [0.1, 0.15) is 0 Å². The van der Waals surface area contributed by atoms with Crippen molar-refractivity contribution in [3.8, 4) is 0 Å². The van der Waals surface area contributed by atoms with Gasteiger partial charge in [-0.3, -0.25) is 9.59 Å². The fourth-order valence-electron chi connectivity index (χ4n) is 3.17. The average molecular weight is 408 g/mol. The first kappa shape index (κ1) is 21.1. The lowest BCUT2D eigenvalue weighted by Gasteiger charge is -2.10. The molecule has 3 rings (SSSR count). The van der Waals surface area contributed by atoms with Crippen molar-refractivity contribution < 1.29 is 23.9 Å². The SMILES string of the molecule is COC(=O)c1ccc(C)c(NC(=O)COC(=O)CCCc2c[nH]c3ccccc23)c1. The van der Waals surface area contributed by atoms with E-state index in [1.807, 2.05) is 30.5 Å². The molecule has 0 aliphatic heterocycles. The Labute approximate surface area is 174 Å². The second kappa shape index (κ2) is 9.73. The molecule has 0 spiro atoms. The Bertz CT molecular complexity index is 1070. The van der Waals surface area contributed by atoms with Crippen LogP contribution in [0.25, 0.3) is 10.9 Å². The van der Waals surface area contributed by atoms with E-state index in [-0.39, 0.29) is 13.0 Å². The highest BCUT2D eigenvalue weighted by Gasteiger charge is 2.12. The molecule has 0 saturated heterocycles. The van der Waals surface area contributed by atoms with Crippen molar-refractivity contribution in [3.63, 3.8) is 0 Å². The van der Waals surface area contributed by atoms with Crippen LogP contribution in [0.3, 0.4) is 0 Å². The van der Waals surface area contributed by atoms with Crippen molar-refractivity contribution in [1.29, 1.82) is 0 Å². The molecule has 0 bridgehead atoms. The smallest absolute Gasteiger partial charge is 0.337 e. The molecule has 2 N–H and O–H groups in total. The summed E-state index contributed by atoms with van der Waals surface area (Å²) in [7, 11) is 1.29. The molecule has 30 heavy (non-hydrogen) atoms. The number of aromatic nitrogens is 1. The summed E-state index contributed by atoms with van der Waals surface area (Å²) in [6, 6.07) is 12.9. The summed E-state index contributed by atoms with van der Waals surface area (Å²) in [4.78, 5) is 38.9. The van der Waals surface area contributed by atoms with Crippen molar-refractivity contribution in [3.05, 3.63) is 65.4 Å². The molecule has 1 amide bonds. The van der Waals surface area contributed by atoms with Crippen LogP contribution in [0, 0.1) is 6.92 Å². The van der Waals surface area contributed by atoms with E-state index in [0.717, 1.165) is 28.5 Å². The number of amides is 1. The van der Waals surface area contributed by atoms with Gasteiger partial charge < -0.3 is 19.8 Å². The quantitative estimate of drug-likeness (QED) is 0.553. The summed E-state index contributed by atoms with van der Waals surface area (Å²) in [5, 5.41) is 3.80. The number of aryl methyl sites for hydroxylation is 2. The highest BCUT2D eigenvalue weighted by Crippen LogP contribution is 2.20. The zero-order chi connectivity index (χ0) is 21.5. The molecule has 0 atom stereocenters. The van der Waals surface area contributed by atoms with Gasteiger partial charge in [0.05, 0.1) is 12.7 Å². The predicted molar refractivity (Wildman–Crippen MR) is 113 cm³/mol. The summed E-state index contributed by atoms with van der Waals surface area (Å²) >= 11 is 0. The summed E-state index contributed by atoms with van der Waals surface area (Å²) < 4.78 is 9.75. The van der Waals surface area contributed by atoms with Gasteiger partial charge in [-0.05, 0) is 49.1 Å². The molecule has 0 aliphatic rings. The number of para-hydroxylation sites is 1. The van der Waals surface area contributed by atoms with Crippen LogP contribution in [0.2, 0.25) is 0 Å². The van der Waals surface area contributed by atoms with Gasteiger partial charge in [-0.2, -0.15) is 0 Å². The van der Waals surface area contributed by atoms with Crippen LogP contribution in [0.4, 0.5) is 5.69 Å². The standard InChI is InChI=1S/C23H24N2O5/c1-15-10-11-16(23(28)29-2)12-20(15)25-21(26)14-30-22(27)9-5-6-17-13-24-19-8-4-3-7-18(17)19/h3-4,7-8,10-13,24H,5-6,9,14H2,1-2H3,(H,25,26). The zero-order valence-electron chi connectivity index (χ0n) is 17.0. The largest absolute Gasteiger partial charge is 0.465 e. The van der Waals surface area contributed by atoms with E-state index in [4.69, 9.17) is 4.74 Å². The number of nitrogens with one attached hydrogen (secondary N) is 2. The Morgan fingerprint density at radius 1 is 1.10 bits per heavy atom. The summed E-state index contributed by atoms with van der Waals surface area (Å²) in [5.41, 5.74) is 3.79. The number of aromatic amines is 1. The number of hydrogen-bond acceptors (Lipinski definition) is 5. The fourth-order valence-corrected chi connectivity index (χ4v) is 3.17. The van der Waals surface area contributed by atoms with Crippen LogP contribution in [0.15, 0.2) is 48.7 Å². The molecule has 0 fully saturated rings. The van der Waals surface area contributed by atoms with Gasteiger partial charge in [-0.1, -0.05) is 24.3 Å². The first-order valence-corrected chi connectivity index (χ1v) is 9.67. The number of esters is 2. The second-order valence-corrected chi connectivity index (χ2v) is 6.94. The number of benzene rings is 2. The van der Waals surface area contributed by atoms with E-state index in [2.05, 4.69) is 15.0 Å². The number of H-pyrrole nitrogens is 1. The summed E-state index contributed by atoms with van der Waals surface area (Å²) in [6.45, 7) is 1.42. The molecule has 0 aliphatic carbocycles. The molecule has 1 heterocycles. The monoisotopic (exact) mass is 408 g/mol. The van der Waals surface area contributed by atoms with E-state index >= 15 is 0 Å². The van der Waals surface area contributed by atoms with Gasteiger partial charge in [0.25, 0.3) is 5.91 Å². The number of carbonyl (C=O) groups excluding carboxylic acids is 3. The molecule has 156 valence electrons. The normalized spacial score (nSPS) is 10.6. The van der Waals surface area contributed by atoms with Gasteiger partial charge in [0.2, 0.25) is 0 Å². The molecule has 2 aromatic carbocycles. The van der Waals surface area contributed by atoms with Crippen LogP contribution in [-0.4, -0.2) is 36.5 Å². The number of ether oxygens (including phenoxy) is 2. The molecule has 0 radical (unpaired) electrons. The van der Waals surface area contributed by atoms with E-state index in [0.29, 0.717) is 17.7 Å². The van der Waals surface area contributed by atoms with E-state index in [1.54, 1.807) is 19.1 Å². The third-order valence-electron chi connectivity index (χ3n) is 4.80. The zero-order valence-corrected chi connectivity index (χ0v) is 17.0. The third kappa shape index (κ3) is 5.26. The Hall–Kier alpha value is -3.61. The average Bonchev–Trinajstić information content (AvgIpc) is 3.16. The fraction of sp³-hybridized carbons (Fsp3) is 0.261. The Kier molecular flexibility index (Phi) is 6.85. The minimum absolute atomic E-state index is 0.226. The Balaban J connectivity index is 1.44. The molecule has 0 unspecified atom stereocenters. The molecular weight excluding hydrogens is 384 g/mol. The van der Waals surface area contributed by atoms with Gasteiger partial charge in [0, 0.05) is 29.2 Å². The van der Waals surface area contributed by atoms with Crippen LogP contribution < -0.4 is 5.32 Å². The number of fused-ring (bicyclic) bond motifs is 1. The minimum Gasteiger partial charge on any atom is -0.465 e. The molecule has 7 heteroatoms. The Morgan fingerprint density at radius 3 is 2.70 bits per heavy atom. The minimum atomic E-state index is -0.493. The molecule has 1 aromatic heterocycles. The maximum atomic E-state index is 12.1. The summed E-state index contributed by atoms with van der Waals surface area (Å²) in [6.07, 6.45) is 3.55. The molecule has 7 nitrogen and oxygen atoms in total. The van der Waals surface area contributed by atoms with Crippen LogP contribution >= 0.6 is 0 Å². The number of methoxy groups -OCH3 is 1. The first-order chi connectivity index (χ1) is 14.5.